The molecule has 2 amide bonds. The Balaban J connectivity index is 1.90. The number of likely N-dealkylation sites (N-methyl/N-ethyl adjacent to an activating group) is 1. The van der Waals surface area contributed by atoms with Crippen molar-refractivity contribution in [3.8, 4) is 6.07 Å². The summed E-state index contributed by atoms with van der Waals surface area (Å²) in [6.45, 7) is 13.0. The van der Waals surface area contributed by atoms with Crippen LogP contribution >= 0.6 is 11.8 Å². The normalized spacial score (nSPS) is 18.3. The van der Waals surface area contributed by atoms with Crippen molar-refractivity contribution in [3.05, 3.63) is 36.9 Å². The standard InChI is InChI=1S/C27H39N5O4S/c1-7-14-36-26(35)19(17-28)15-24-32(8-2)25(34)22(37-24)12-13-29-20-10-9-11-21(16-20)30-23(33)18-31(6)27(3,4)5/h7,9-11,16,19,22,24,29H,1,8,12-15,18H2,2-6H3,(H,30,33). The maximum Gasteiger partial charge on any atom is 0.323 e. The fourth-order valence-corrected chi connectivity index (χ4v) is 5.32. The molecule has 202 valence electrons. The lowest BCUT2D eigenvalue weighted by molar-refractivity contribution is -0.146. The number of thioether (sulfide) groups is 1. The molecule has 1 aliphatic heterocycles. The maximum atomic E-state index is 12.9. The van der Waals surface area contributed by atoms with Crippen LogP contribution in [0.5, 0.6) is 0 Å². The molecular weight excluding hydrogens is 490 g/mol. The maximum absolute atomic E-state index is 12.9. The summed E-state index contributed by atoms with van der Waals surface area (Å²) in [6.07, 6.45) is 2.27. The van der Waals surface area contributed by atoms with Crippen LogP contribution in [0.3, 0.4) is 0 Å². The van der Waals surface area contributed by atoms with E-state index in [1.54, 1.807) is 4.90 Å². The fraction of sp³-hybridized carbons (Fsp3) is 0.556. The van der Waals surface area contributed by atoms with Crippen LogP contribution in [0, 0.1) is 17.2 Å². The first-order valence-electron chi connectivity index (χ1n) is 12.5. The number of carbonyl (C=O) groups excluding carboxylic acids is 3. The van der Waals surface area contributed by atoms with Gasteiger partial charge in [0, 0.05) is 36.4 Å². The molecule has 1 heterocycles. The number of hydrogen-bond acceptors (Lipinski definition) is 8. The second-order valence-corrected chi connectivity index (χ2v) is 11.3. The average molecular weight is 530 g/mol. The van der Waals surface area contributed by atoms with Crippen molar-refractivity contribution in [2.24, 2.45) is 5.92 Å². The zero-order valence-electron chi connectivity index (χ0n) is 22.5. The number of hydrogen-bond donors (Lipinski definition) is 2. The van der Waals surface area contributed by atoms with Crippen LogP contribution < -0.4 is 10.6 Å². The van der Waals surface area contributed by atoms with Crippen LogP contribution in [0.2, 0.25) is 0 Å². The molecule has 0 spiro atoms. The highest BCUT2D eigenvalue weighted by Gasteiger charge is 2.41. The van der Waals surface area contributed by atoms with Gasteiger partial charge < -0.3 is 20.3 Å². The van der Waals surface area contributed by atoms with Crippen LogP contribution in [0.15, 0.2) is 36.9 Å². The minimum absolute atomic E-state index is 0.0134. The predicted octanol–water partition coefficient (Wildman–Crippen LogP) is 3.71. The third-order valence-electron chi connectivity index (χ3n) is 6.20. The van der Waals surface area contributed by atoms with Crippen LogP contribution in [0.25, 0.3) is 0 Å². The van der Waals surface area contributed by atoms with Crippen LogP contribution in [-0.2, 0) is 19.1 Å². The van der Waals surface area contributed by atoms with Crippen LogP contribution in [0.4, 0.5) is 11.4 Å². The number of carbonyl (C=O) groups is 3. The summed E-state index contributed by atoms with van der Waals surface area (Å²) >= 11 is 1.49. The van der Waals surface area contributed by atoms with Gasteiger partial charge in [0.25, 0.3) is 0 Å². The predicted molar refractivity (Wildman–Crippen MR) is 148 cm³/mol. The van der Waals surface area contributed by atoms with Crippen LogP contribution in [0.1, 0.15) is 40.5 Å². The van der Waals surface area contributed by atoms with Gasteiger partial charge in [-0.3, -0.25) is 19.3 Å². The van der Waals surface area contributed by atoms with E-state index in [2.05, 4.69) is 38.0 Å². The van der Waals surface area contributed by atoms with Gasteiger partial charge in [-0.15, -0.1) is 11.8 Å². The smallest absolute Gasteiger partial charge is 0.323 e. The molecule has 10 heteroatoms. The summed E-state index contributed by atoms with van der Waals surface area (Å²) in [5.74, 6) is -1.59. The number of nitrogens with one attached hydrogen (secondary N) is 2. The first kappa shape index (κ1) is 30.2. The Hall–Kier alpha value is -3.03. The highest BCUT2D eigenvalue weighted by Crippen LogP contribution is 2.37. The minimum atomic E-state index is -0.933. The Morgan fingerprint density at radius 2 is 2.05 bits per heavy atom. The molecule has 0 radical (unpaired) electrons. The number of nitrogens with zero attached hydrogens (tertiary/aromatic N) is 3. The molecule has 0 aromatic heterocycles. The summed E-state index contributed by atoms with van der Waals surface area (Å²) in [6, 6.07) is 9.49. The zero-order valence-corrected chi connectivity index (χ0v) is 23.3. The van der Waals surface area contributed by atoms with Crippen molar-refractivity contribution in [2.75, 3.05) is 43.9 Å². The molecule has 1 saturated heterocycles. The van der Waals surface area contributed by atoms with E-state index >= 15 is 0 Å². The van der Waals surface area contributed by atoms with E-state index in [1.165, 1.54) is 17.8 Å². The average Bonchev–Trinajstić information content (AvgIpc) is 3.14. The molecule has 0 bridgehead atoms. The molecule has 2 N–H and O–H groups in total. The molecule has 1 aromatic carbocycles. The van der Waals surface area contributed by atoms with E-state index in [0.29, 0.717) is 25.2 Å². The second-order valence-electron chi connectivity index (χ2n) is 9.91. The van der Waals surface area contributed by atoms with Gasteiger partial charge in [0.1, 0.15) is 12.5 Å². The van der Waals surface area contributed by atoms with Gasteiger partial charge in [0.2, 0.25) is 11.8 Å². The van der Waals surface area contributed by atoms with E-state index < -0.39 is 11.9 Å². The van der Waals surface area contributed by atoms with Gasteiger partial charge in [-0.1, -0.05) is 18.7 Å². The Morgan fingerprint density at radius 3 is 2.68 bits per heavy atom. The van der Waals surface area contributed by atoms with Gasteiger partial charge in [-0.25, -0.2) is 0 Å². The summed E-state index contributed by atoms with van der Waals surface area (Å²) in [5.41, 5.74) is 1.44. The van der Waals surface area contributed by atoms with Gasteiger partial charge in [-0.05, 0) is 59.4 Å². The molecule has 1 aliphatic rings. The largest absolute Gasteiger partial charge is 0.460 e. The van der Waals surface area contributed by atoms with Crippen LogP contribution in [-0.4, -0.2) is 77.0 Å². The van der Waals surface area contributed by atoms with E-state index in [9.17, 15) is 19.6 Å². The number of esters is 1. The second kappa shape index (κ2) is 14.1. The molecule has 1 fully saturated rings. The third kappa shape index (κ3) is 9.09. The summed E-state index contributed by atoms with van der Waals surface area (Å²) in [4.78, 5) is 41.2. The molecular formula is C27H39N5O4S. The van der Waals surface area contributed by atoms with E-state index in [4.69, 9.17) is 4.74 Å². The van der Waals surface area contributed by atoms with E-state index in [0.717, 1.165) is 5.69 Å². The topological polar surface area (TPSA) is 115 Å². The van der Waals surface area contributed by atoms with E-state index in [-0.39, 0.29) is 47.5 Å². The fourth-order valence-electron chi connectivity index (χ4n) is 3.73. The monoisotopic (exact) mass is 529 g/mol. The van der Waals surface area contributed by atoms with Gasteiger partial charge in [-0.2, -0.15) is 5.26 Å². The van der Waals surface area contributed by atoms with Crippen molar-refractivity contribution in [1.29, 1.82) is 5.26 Å². The van der Waals surface area contributed by atoms with Crippen molar-refractivity contribution >= 4 is 40.9 Å². The number of ether oxygens (including phenoxy) is 1. The quantitative estimate of drug-likeness (QED) is 0.294. The Kier molecular flexibility index (Phi) is 11.5. The van der Waals surface area contributed by atoms with Gasteiger partial charge in [0.15, 0.2) is 0 Å². The minimum Gasteiger partial charge on any atom is -0.460 e. The van der Waals surface area contributed by atoms with Gasteiger partial charge >= 0.3 is 5.97 Å². The van der Waals surface area contributed by atoms with Gasteiger partial charge in [0.05, 0.1) is 23.2 Å². The number of rotatable bonds is 13. The third-order valence-corrected chi connectivity index (χ3v) is 7.72. The molecule has 3 unspecified atom stereocenters. The SMILES string of the molecule is C=CCOC(=O)C(C#N)CC1SC(CCNc2cccc(NC(=O)CN(C)C(C)(C)C)c2)C(=O)N1CC. The van der Waals surface area contributed by atoms with Crippen molar-refractivity contribution in [1.82, 2.24) is 9.80 Å². The molecule has 1 aromatic rings. The molecule has 9 nitrogen and oxygen atoms in total. The zero-order chi connectivity index (χ0) is 27.6. The molecule has 37 heavy (non-hydrogen) atoms. The summed E-state index contributed by atoms with van der Waals surface area (Å²) < 4.78 is 5.03. The highest BCUT2D eigenvalue weighted by atomic mass is 32.2. The number of nitriles is 1. The summed E-state index contributed by atoms with van der Waals surface area (Å²) in [5, 5.41) is 15.2. The lowest BCUT2D eigenvalue weighted by atomic mass is 10.1. The lowest BCUT2D eigenvalue weighted by Crippen LogP contribution is -2.42. The highest BCUT2D eigenvalue weighted by molar-refractivity contribution is 8.01. The first-order valence-corrected chi connectivity index (χ1v) is 13.4. The number of benzene rings is 1. The molecule has 2 rings (SSSR count). The van der Waals surface area contributed by atoms with Crippen molar-refractivity contribution < 1.29 is 19.1 Å². The first-order chi connectivity index (χ1) is 17.5. The van der Waals surface area contributed by atoms with Crippen molar-refractivity contribution in [3.63, 3.8) is 0 Å². The molecule has 0 saturated carbocycles. The molecule has 0 aliphatic carbocycles. The van der Waals surface area contributed by atoms with Crippen molar-refractivity contribution in [2.45, 2.75) is 56.7 Å². The Bertz CT molecular complexity index is 1000. The lowest BCUT2D eigenvalue weighted by Gasteiger charge is -2.31. The Morgan fingerprint density at radius 1 is 1.35 bits per heavy atom. The summed E-state index contributed by atoms with van der Waals surface area (Å²) in [7, 11) is 1.92. The number of anilines is 2. The Labute approximate surface area is 224 Å². The molecule has 3 atom stereocenters. The van der Waals surface area contributed by atoms with E-state index in [1.807, 2.05) is 49.2 Å². The number of amides is 2.